The number of amides is 1. The SMILES string of the molecule is CC(=O)c1ccccc1NC(=O)C[NH+](C)Cc1ccc(C)cc1. The number of carbonyl (C=O) groups is 2. The Morgan fingerprint density at radius 1 is 1.04 bits per heavy atom. The monoisotopic (exact) mass is 311 g/mol. The summed E-state index contributed by atoms with van der Waals surface area (Å²) in [5, 5.41) is 2.84. The molecule has 0 saturated carbocycles. The average molecular weight is 311 g/mol. The van der Waals surface area contributed by atoms with E-state index in [9.17, 15) is 9.59 Å². The molecule has 0 bridgehead atoms. The molecular formula is C19H23N2O2+. The molecule has 2 rings (SSSR count). The minimum atomic E-state index is -0.0942. The van der Waals surface area contributed by atoms with Gasteiger partial charge in [-0.25, -0.2) is 0 Å². The summed E-state index contributed by atoms with van der Waals surface area (Å²) in [6.45, 7) is 4.68. The first kappa shape index (κ1) is 16.9. The van der Waals surface area contributed by atoms with Crippen molar-refractivity contribution in [3.05, 3.63) is 65.2 Å². The fraction of sp³-hybridized carbons (Fsp3) is 0.263. The van der Waals surface area contributed by atoms with E-state index in [0.29, 0.717) is 17.8 Å². The lowest BCUT2D eigenvalue weighted by Gasteiger charge is -2.15. The van der Waals surface area contributed by atoms with Crippen LogP contribution in [0.3, 0.4) is 0 Å². The summed E-state index contributed by atoms with van der Waals surface area (Å²) in [7, 11) is 1.98. The molecule has 0 radical (unpaired) electrons. The number of likely N-dealkylation sites (N-methyl/N-ethyl adjacent to an activating group) is 1. The summed E-state index contributed by atoms with van der Waals surface area (Å²) < 4.78 is 0. The predicted molar refractivity (Wildman–Crippen MR) is 91.7 cm³/mol. The fourth-order valence-corrected chi connectivity index (χ4v) is 2.48. The number of carbonyl (C=O) groups excluding carboxylic acids is 2. The molecule has 1 unspecified atom stereocenters. The van der Waals surface area contributed by atoms with E-state index < -0.39 is 0 Å². The van der Waals surface area contributed by atoms with Crippen molar-refractivity contribution < 1.29 is 14.5 Å². The van der Waals surface area contributed by atoms with Gasteiger partial charge in [0.25, 0.3) is 5.91 Å². The zero-order chi connectivity index (χ0) is 16.8. The number of aryl methyl sites for hydroxylation is 1. The molecule has 4 nitrogen and oxygen atoms in total. The van der Waals surface area contributed by atoms with Crippen molar-refractivity contribution in [2.24, 2.45) is 0 Å². The van der Waals surface area contributed by atoms with Crippen LogP contribution in [0.2, 0.25) is 0 Å². The summed E-state index contributed by atoms with van der Waals surface area (Å²) in [6, 6.07) is 15.4. The van der Waals surface area contributed by atoms with Crippen molar-refractivity contribution in [2.45, 2.75) is 20.4 Å². The number of hydrogen-bond donors (Lipinski definition) is 2. The van der Waals surface area contributed by atoms with Crippen LogP contribution >= 0.6 is 0 Å². The molecule has 0 aliphatic rings. The fourth-order valence-electron chi connectivity index (χ4n) is 2.48. The first-order chi connectivity index (χ1) is 11.0. The zero-order valence-corrected chi connectivity index (χ0v) is 13.8. The summed E-state index contributed by atoms with van der Waals surface area (Å²) >= 11 is 0. The molecule has 0 saturated heterocycles. The summed E-state index contributed by atoms with van der Waals surface area (Å²) in [6.07, 6.45) is 0. The van der Waals surface area contributed by atoms with Crippen LogP contribution in [-0.2, 0) is 11.3 Å². The number of quaternary nitrogens is 1. The Bertz CT molecular complexity index is 693. The highest BCUT2D eigenvalue weighted by Crippen LogP contribution is 2.15. The third-order valence-electron chi connectivity index (χ3n) is 3.67. The van der Waals surface area contributed by atoms with Gasteiger partial charge in [0, 0.05) is 11.1 Å². The number of ketones is 1. The molecule has 120 valence electrons. The summed E-state index contributed by atoms with van der Waals surface area (Å²) in [5.74, 6) is -0.149. The molecule has 0 spiro atoms. The molecule has 2 aromatic rings. The van der Waals surface area contributed by atoms with E-state index in [-0.39, 0.29) is 11.7 Å². The van der Waals surface area contributed by atoms with Gasteiger partial charge in [-0.2, -0.15) is 0 Å². The van der Waals surface area contributed by atoms with E-state index in [2.05, 4.69) is 36.5 Å². The van der Waals surface area contributed by atoms with E-state index >= 15 is 0 Å². The minimum absolute atomic E-state index is 0.0544. The highest BCUT2D eigenvalue weighted by atomic mass is 16.2. The van der Waals surface area contributed by atoms with Gasteiger partial charge < -0.3 is 10.2 Å². The molecule has 2 N–H and O–H groups in total. The summed E-state index contributed by atoms with van der Waals surface area (Å²) in [4.78, 5) is 24.9. The number of hydrogen-bond acceptors (Lipinski definition) is 2. The van der Waals surface area contributed by atoms with Gasteiger partial charge in [-0.3, -0.25) is 9.59 Å². The van der Waals surface area contributed by atoms with Crippen LogP contribution in [0.15, 0.2) is 48.5 Å². The van der Waals surface area contributed by atoms with Crippen molar-refractivity contribution in [1.29, 1.82) is 0 Å². The maximum absolute atomic E-state index is 12.2. The molecule has 0 heterocycles. The second-order valence-electron chi connectivity index (χ2n) is 5.95. The van der Waals surface area contributed by atoms with Crippen molar-refractivity contribution in [3.8, 4) is 0 Å². The van der Waals surface area contributed by atoms with Gasteiger partial charge >= 0.3 is 0 Å². The second-order valence-corrected chi connectivity index (χ2v) is 5.95. The van der Waals surface area contributed by atoms with E-state index in [0.717, 1.165) is 11.4 Å². The van der Waals surface area contributed by atoms with Crippen LogP contribution in [0.5, 0.6) is 0 Å². The lowest BCUT2D eigenvalue weighted by atomic mass is 10.1. The molecule has 0 aliphatic heterocycles. The maximum Gasteiger partial charge on any atom is 0.279 e. The van der Waals surface area contributed by atoms with E-state index in [1.165, 1.54) is 18.1 Å². The lowest BCUT2D eigenvalue weighted by molar-refractivity contribution is -0.885. The summed E-state index contributed by atoms with van der Waals surface area (Å²) in [5.41, 5.74) is 3.54. The predicted octanol–water partition coefficient (Wildman–Crippen LogP) is 1.85. The standard InChI is InChI=1S/C19H22N2O2/c1-14-8-10-16(11-9-14)12-21(3)13-19(23)20-18-7-5-4-6-17(18)15(2)22/h4-11H,12-13H2,1-3H3,(H,20,23)/p+1. The van der Waals surface area contributed by atoms with Crippen LogP contribution in [0.1, 0.15) is 28.4 Å². The number of Topliss-reactive ketones (excluding diaryl/α,β-unsaturated/α-hetero) is 1. The van der Waals surface area contributed by atoms with Crippen LogP contribution < -0.4 is 10.2 Å². The molecule has 0 aromatic heterocycles. The molecule has 4 heteroatoms. The molecule has 0 fully saturated rings. The first-order valence-electron chi connectivity index (χ1n) is 7.72. The average Bonchev–Trinajstić information content (AvgIpc) is 2.49. The second kappa shape index (κ2) is 7.70. The van der Waals surface area contributed by atoms with Crippen molar-refractivity contribution in [3.63, 3.8) is 0 Å². The molecule has 23 heavy (non-hydrogen) atoms. The van der Waals surface area contributed by atoms with Crippen LogP contribution in [0.25, 0.3) is 0 Å². The quantitative estimate of drug-likeness (QED) is 0.800. The van der Waals surface area contributed by atoms with Crippen LogP contribution in [0.4, 0.5) is 5.69 Å². The van der Waals surface area contributed by atoms with Crippen molar-refractivity contribution >= 4 is 17.4 Å². The Kier molecular flexibility index (Phi) is 5.66. The van der Waals surface area contributed by atoms with Crippen molar-refractivity contribution in [1.82, 2.24) is 0 Å². The molecule has 0 aliphatic carbocycles. The van der Waals surface area contributed by atoms with E-state index in [4.69, 9.17) is 0 Å². The Labute approximate surface area is 137 Å². The molecule has 1 atom stereocenters. The van der Waals surface area contributed by atoms with Crippen LogP contribution in [-0.4, -0.2) is 25.3 Å². The molecular weight excluding hydrogens is 288 g/mol. The number of para-hydroxylation sites is 1. The van der Waals surface area contributed by atoms with Gasteiger partial charge in [0.2, 0.25) is 0 Å². The molecule has 2 aromatic carbocycles. The maximum atomic E-state index is 12.2. The van der Waals surface area contributed by atoms with Crippen LogP contribution in [0, 0.1) is 6.92 Å². The van der Waals surface area contributed by atoms with E-state index in [1.54, 1.807) is 18.2 Å². The normalized spacial score (nSPS) is 11.8. The van der Waals surface area contributed by atoms with Gasteiger partial charge in [0.05, 0.1) is 12.7 Å². The van der Waals surface area contributed by atoms with Gasteiger partial charge in [0.1, 0.15) is 6.54 Å². The third kappa shape index (κ3) is 5.04. The molecule has 1 amide bonds. The number of anilines is 1. The van der Waals surface area contributed by atoms with E-state index in [1.807, 2.05) is 13.1 Å². The third-order valence-corrected chi connectivity index (χ3v) is 3.67. The Morgan fingerprint density at radius 3 is 2.35 bits per heavy atom. The Morgan fingerprint density at radius 2 is 1.70 bits per heavy atom. The largest absolute Gasteiger partial charge is 0.326 e. The lowest BCUT2D eigenvalue weighted by Crippen LogP contribution is -3.08. The Balaban J connectivity index is 1.94. The number of benzene rings is 2. The number of nitrogens with one attached hydrogen (secondary N) is 2. The van der Waals surface area contributed by atoms with Gasteiger partial charge in [-0.1, -0.05) is 42.0 Å². The Hall–Kier alpha value is -2.46. The van der Waals surface area contributed by atoms with Crippen molar-refractivity contribution in [2.75, 3.05) is 18.9 Å². The van der Waals surface area contributed by atoms with Gasteiger partial charge in [-0.05, 0) is 26.0 Å². The number of rotatable bonds is 6. The highest BCUT2D eigenvalue weighted by molar-refractivity contribution is 6.03. The smallest absolute Gasteiger partial charge is 0.279 e. The minimum Gasteiger partial charge on any atom is -0.326 e. The first-order valence-corrected chi connectivity index (χ1v) is 7.72. The van der Waals surface area contributed by atoms with Gasteiger partial charge in [0.15, 0.2) is 12.3 Å². The zero-order valence-electron chi connectivity index (χ0n) is 13.8. The van der Waals surface area contributed by atoms with Gasteiger partial charge in [-0.15, -0.1) is 0 Å². The highest BCUT2D eigenvalue weighted by Gasteiger charge is 2.13. The topological polar surface area (TPSA) is 50.6 Å².